The van der Waals surface area contributed by atoms with E-state index in [1.54, 1.807) is 24.7 Å². The van der Waals surface area contributed by atoms with Crippen molar-refractivity contribution in [3.05, 3.63) is 29.0 Å². The predicted octanol–water partition coefficient (Wildman–Crippen LogP) is 2.70. The van der Waals surface area contributed by atoms with Crippen LogP contribution in [0.3, 0.4) is 0 Å². The van der Waals surface area contributed by atoms with Crippen LogP contribution in [0.5, 0.6) is 0 Å². The first-order valence-corrected chi connectivity index (χ1v) is 6.94. The van der Waals surface area contributed by atoms with E-state index >= 15 is 0 Å². The van der Waals surface area contributed by atoms with Crippen LogP contribution in [0.1, 0.15) is 18.2 Å². The van der Waals surface area contributed by atoms with Gasteiger partial charge in [0.1, 0.15) is 6.26 Å². The first-order chi connectivity index (χ1) is 8.85. The molecule has 98 valence electrons. The molecule has 18 heavy (non-hydrogen) atoms. The van der Waals surface area contributed by atoms with Crippen LogP contribution < -0.4 is 5.32 Å². The highest BCUT2D eigenvalue weighted by atomic mass is 32.1. The van der Waals surface area contributed by atoms with Crippen molar-refractivity contribution in [3.63, 3.8) is 0 Å². The number of rotatable bonds is 7. The van der Waals surface area contributed by atoms with Crippen LogP contribution in [0.2, 0.25) is 0 Å². The molecule has 2 rings (SSSR count). The van der Waals surface area contributed by atoms with Gasteiger partial charge in [-0.25, -0.2) is 4.98 Å². The summed E-state index contributed by atoms with van der Waals surface area (Å²) < 4.78 is 10.5. The van der Waals surface area contributed by atoms with E-state index < -0.39 is 0 Å². The van der Waals surface area contributed by atoms with Gasteiger partial charge in [-0.15, -0.1) is 11.3 Å². The lowest BCUT2D eigenvalue weighted by atomic mass is 10.2. The van der Waals surface area contributed by atoms with Crippen LogP contribution in [-0.2, 0) is 17.7 Å². The highest BCUT2D eigenvalue weighted by Gasteiger charge is 2.11. The number of aryl methyl sites for hydroxylation is 1. The van der Waals surface area contributed by atoms with Crippen LogP contribution in [0.4, 0.5) is 0 Å². The number of methoxy groups -OCH3 is 1. The van der Waals surface area contributed by atoms with Gasteiger partial charge in [-0.2, -0.15) is 0 Å². The van der Waals surface area contributed by atoms with Gasteiger partial charge in [0.15, 0.2) is 0 Å². The summed E-state index contributed by atoms with van der Waals surface area (Å²) >= 11 is 1.68. The molecule has 0 saturated carbocycles. The average molecular weight is 266 g/mol. The minimum Gasteiger partial charge on any atom is -0.444 e. The Bertz CT molecular complexity index is 479. The third-order valence-corrected chi connectivity index (χ3v) is 3.61. The molecule has 0 atom stereocenters. The van der Waals surface area contributed by atoms with Crippen molar-refractivity contribution < 1.29 is 9.15 Å². The molecule has 0 saturated heterocycles. The number of nitrogens with zero attached hydrogens (tertiary/aromatic N) is 1. The molecular weight excluding hydrogens is 248 g/mol. The average Bonchev–Trinajstić information content (AvgIpc) is 3.02. The molecule has 0 bridgehead atoms. The Balaban J connectivity index is 1.97. The molecule has 0 aliphatic rings. The van der Waals surface area contributed by atoms with Crippen molar-refractivity contribution in [2.45, 2.75) is 19.9 Å². The van der Waals surface area contributed by atoms with Crippen molar-refractivity contribution in [2.75, 3.05) is 20.3 Å². The third kappa shape index (κ3) is 3.19. The van der Waals surface area contributed by atoms with Crippen LogP contribution in [0.15, 0.2) is 22.1 Å². The molecule has 0 aliphatic heterocycles. The number of hydrogen-bond donors (Lipinski definition) is 1. The zero-order valence-electron chi connectivity index (χ0n) is 10.7. The molecule has 0 aliphatic carbocycles. The number of aromatic nitrogens is 1. The topological polar surface area (TPSA) is 47.3 Å². The number of thiophene rings is 1. The second-order valence-corrected chi connectivity index (χ2v) is 4.86. The number of hydrogen-bond acceptors (Lipinski definition) is 5. The van der Waals surface area contributed by atoms with Gasteiger partial charge in [0, 0.05) is 20.2 Å². The van der Waals surface area contributed by atoms with E-state index in [2.05, 4.69) is 28.7 Å². The van der Waals surface area contributed by atoms with Crippen molar-refractivity contribution in [1.29, 1.82) is 0 Å². The van der Waals surface area contributed by atoms with E-state index in [1.165, 1.54) is 5.56 Å². The summed E-state index contributed by atoms with van der Waals surface area (Å²) in [6.07, 6.45) is 2.72. The minimum absolute atomic E-state index is 0.704. The summed E-state index contributed by atoms with van der Waals surface area (Å²) in [4.78, 5) is 5.64. The van der Waals surface area contributed by atoms with Crippen molar-refractivity contribution >= 4 is 11.3 Å². The van der Waals surface area contributed by atoms with Gasteiger partial charge < -0.3 is 14.5 Å². The second kappa shape index (κ2) is 6.68. The van der Waals surface area contributed by atoms with Gasteiger partial charge >= 0.3 is 0 Å². The van der Waals surface area contributed by atoms with Crippen molar-refractivity contribution in [3.8, 4) is 10.8 Å². The van der Waals surface area contributed by atoms with E-state index in [-0.39, 0.29) is 0 Å². The molecule has 1 N–H and O–H groups in total. The lowest BCUT2D eigenvalue weighted by Gasteiger charge is -1.99. The molecule has 0 radical (unpaired) electrons. The fourth-order valence-electron chi connectivity index (χ4n) is 1.68. The quantitative estimate of drug-likeness (QED) is 0.783. The van der Waals surface area contributed by atoms with Gasteiger partial charge in [0.25, 0.3) is 0 Å². The maximum atomic E-state index is 5.54. The summed E-state index contributed by atoms with van der Waals surface area (Å²) in [5.74, 6) is 0.727. The maximum absolute atomic E-state index is 5.54. The van der Waals surface area contributed by atoms with Gasteiger partial charge in [-0.3, -0.25) is 0 Å². The first kappa shape index (κ1) is 13.3. The minimum atomic E-state index is 0.704. The highest BCUT2D eigenvalue weighted by molar-refractivity contribution is 7.13. The molecule has 2 aromatic heterocycles. The van der Waals surface area contributed by atoms with E-state index in [1.807, 2.05) is 0 Å². The fourth-order valence-corrected chi connectivity index (χ4v) is 2.61. The number of ether oxygens (including phenoxy) is 1. The molecule has 2 aromatic rings. The summed E-state index contributed by atoms with van der Waals surface area (Å²) in [5, 5.41) is 5.32. The molecule has 0 fully saturated rings. The van der Waals surface area contributed by atoms with Gasteiger partial charge in [0.05, 0.1) is 17.2 Å². The van der Waals surface area contributed by atoms with Crippen LogP contribution in [0.25, 0.3) is 10.8 Å². The predicted molar refractivity (Wildman–Crippen MR) is 72.8 cm³/mol. The van der Waals surface area contributed by atoms with E-state index in [4.69, 9.17) is 9.15 Å². The Hall–Kier alpha value is -1.17. The van der Waals surface area contributed by atoms with E-state index in [0.717, 1.165) is 29.4 Å². The summed E-state index contributed by atoms with van der Waals surface area (Å²) in [7, 11) is 1.69. The van der Waals surface area contributed by atoms with Gasteiger partial charge in [-0.1, -0.05) is 6.92 Å². The smallest absolute Gasteiger partial charge is 0.236 e. The van der Waals surface area contributed by atoms with Crippen molar-refractivity contribution in [2.24, 2.45) is 0 Å². The lowest BCUT2D eigenvalue weighted by Crippen LogP contribution is -2.18. The Morgan fingerprint density at radius 3 is 3.17 bits per heavy atom. The second-order valence-electron chi connectivity index (χ2n) is 3.94. The largest absolute Gasteiger partial charge is 0.444 e. The zero-order valence-corrected chi connectivity index (χ0v) is 11.5. The van der Waals surface area contributed by atoms with Crippen LogP contribution >= 0.6 is 11.3 Å². The molecule has 5 heteroatoms. The zero-order chi connectivity index (χ0) is 12.8. The molecule has 4 nitrogen and oxygen atoms in total. The highest BCUT2D eigenvalue weighted by Crippen LogP contribution is 2.29. The third-order valence-electron chi connectivity index (χ3n) is 2.66. The van der Waals surface area contributed by atoms with Crippen LogP contribution in [0, 0.1) is 0 Å². The molecule has 0 amide bonds. The summed E-state index contributed by atoms with van der Waals surface area (Å²) in [6, 6.07) is 2.13. The Kier molecular flexibility index (Phi) is 4.92. The number of oxazole rings is 1. The standard InChI is InChI=1S/C13H18N2O2S/c1-3-10-4-7-18-12(10)13-15-11(9-17-13)8-14-5-6-16-2/h4,7,9,14H,3,5-6,8H2,1-2H3. The fraction of sp³-hybridized carbons (Fsp3) is 0.462. The molecule has 0 aromatic carbocycles. The van der Waals surface area contributed by atoms with Crippen molar-refractivity contribution in [1.82, 2.24) is 10.3 Å². The number of nitrogens with one attached hydrogen (secondary N) is 1. The summed E-state index contributed by atoms with van der Waals surface area (Å²) in [6.45, 7) is 4.37. The van der Waals surface area contributed by atoms with Gasteiger partial charge in [0.2, 0.25) is 5.89 Å². The molecule has 0 unspecified atom stereocenters. The van der Waals surface area contributed by atoms with Gasteiger partial charge in [-0.05, 0) is 23.4 Å². The van der Waals surface area contributed by atoms with E-state index in [9.17, 15) is 0 Å². The Labute approximate surface area is 111 Å². The summed E-state index contributed by atoms with van der Waals surface area (Å²) in [5.41, 5.74) is 2.22. The lowest BCUT2D eigenvalue weighted by molar-refractivity contribution is 0.199. The maximum Gasteiger partial charge on any atom is 0.236 e. The SMILES string of the molecule is CCc1ccsc1-c1nc(CNCCOC)co1. The molecule has 0 spiro atoms. The normalized spacial score (nSPS) is 11.0. The Morgan fingerprint density at radius 1 is 1.50 bits per heavy atom. The van der Waals surface area contributed by atoms with E-state index in [0.29, 0.717) is 13.2 Å². The Morgan fingerprint density at radius 2 is 2.39 bits per heavy atom. The molecule has 2 heterocycles. The molecular formula is C13H18N2O2S. The first-order valence-electron chi connectivity index (χ1n) is 6.06. The monoisotopic (exact) mass is 266 g/mol. The van der Waals surface area contributed by atoms with Crippen LogP contribution in [-0.4, -0.2) is 25.2 Å².